The number of pyridine rings is 1. The lowest BCUT2D eigenvalue weighted by atomic mass is 10.2. The summed E-state index contributed by atoms with van der Waals surface area (Å²) < 4.78 is 7.00. The van der Waals surface area contributed by atoms with Crippen molar-refractivity contribution in [3.63, 3.8) is 0 Å². The van der Waals surface area contributed by atoms with Crippen molar-refractivity contribution in [2.24, 2.45) is 0 Å². The van der Waals surface area contributed by atoms with Crippen LogP contribution in [0.2, 0.25) is 0 Å². The zero-order valence-corrected chi connectivity index (χ0v) is 18.4. The van der Waals surface area contributed by atoms with Gasteiger partial charge >= 0.3 is 0 Å². The fraction of sp³-hybridized carbons (Fsp3) is 0.182. The topological polar surface area (TPSA) is 75.9 Å². The van der Waals surface area contributed by atoms with Gasteiger partial charge < -0.3 is 10.1 Å². The lowest BCUT2D eigenvalue weighted by molar-refractivity contribution is -0.122. The number of thiocarbonyl (C=S) groups is 1. The van der Waals surface area contributed by atoms with E-state index in [1.807, 2.05) is 36.4 Å². The summed E-state index contributed by atoms with van der Waals surface area (Å²) in [5.41, 5.74) is 1.54. The average molecular weight is 453 g/mol. The number of thioether (sulfide) groups is 1. The van der Waals surface area contributed by atoms with E-state index in [1.165, 1.54) is 16.2 Å². The summed E-state index contributed by atoms with van der Waals surface area (Å²) in [5, 5.41) is 3.14. The number of nitrogens with zero attached hydrogens (tertiary/aromatic N) is 3. The van der Waals surface area contributed by atoms with Crippen LogP contribution in [0.1, 0.15) is 11.1 Å². The maximum Gasteiger partial charge on any atom is 0.267 e. The van der Waals surface area contributed by atoms with Gasteiger partial charge in [0.2, 0.25) is 0 Å². The van der Waals surface area contributed by atoms with Crippen LogP contribution in [0.5, 0.6) is 0 Å². The van der Waals surface area contributed by atoms with Gasteiger partial charge in [0.1, 0.15) is 15.8 Å². The number of ether oxygens (including phenoxy) is 1. The molecule has 1 aliphatic heterocycles. The Morgan fingerprint density at radius 2 is 1.94 bits per heavy atom. The van der Waals surface area contributed by atoms with Gasteiger partial charge in [-0.25, -0.2) is 4.98 Å². The summed E-state index contributed by atoms with van der Waals surface area (Å²) in [6.45, 7) is 1.31. The molecule has 7 nitrogen and oxygen atoms in total. The molecule has 158 valence electrons. The van der Waals surface area contributed by atoms with Crippen LogP contribution in [0.3, 0.4) is 0 Å². The third-order valence-corrected chi connectivity index (χ3v) is 6.08. The summed E-state index contributed by atoms with van der Waals surface area (Å²) in [6.07, 6.45) is 3.23. The van der Waals surface area contributed by atoms with Gasteiger partial charge in [-0.05, 0) is 23.8 Å². The predicted molar refractivity (Wildman–Crippen MR) is 127 cm³/mol. The molecule has 1 fully saturated rings. The van der Waals surface area contributed by atoms with E-state index in [0.29, 0.717) is 46.0 Å². The van der Waals surface area contributed by atoms with Gasteiger partial charge in [0.25, 0.3) is 11.5 Å². The first kappa shape index (κ1) is 21.2. The Morgan fingerprint density at radius 3 is 2.71 bits per heavy atom. The van der Waals surface area contributed by atoms with Crippen LogP contribution in [-0.2, 0) is 16.1 Å². The summed E-state index contributed by atoms with van der Waals surface area (Å²) in [4.78, 5) is 32.7. The Bertz CT molecular complexity index is 1220. The van der Waals surface area contributed by atoms with Crippen LogP contribution >= 0.6 is 24.0 Å². The number of methoxy groups -OCH3 is 1. The highest BCUT2D eigenvalue weighted by atomic mass is 32.2. The van der Waals surface area contributed by atoms with Gasteiger partial charge in [-0.15, -0.1) is 0 Å². The molecule has 9 heteroatoms. The van der Waals surface area contributed by atoms with Crippen molar-refractivity contribution in [1.29, 1.82) is 0 Å². The van der Waals surface area contributed by atoms with E-state index < -0.39 is 0 Å². The van der Waals surface area contributed by atoms with E-state index in [9.17, 15) is 9.59 Å². The maximum atomic E-state index is 13.2. The SMILES string of the molecule is COCCNc1nc2ccccn2c(=O)c1C=C1SC(=S)N(Cc2ccccc2)C1=O. The molecule has 3 aromatic rings. The lowest BCUT2D eigenvalue weighted by Gasteiger charge is -2.14. The van der Waals surface area contributed by atoms with Crippen molar-refractivity contribution >= 4 is 51.7 Å². The lowest BCUT2D eigenvalue weighted by Crippen LogP contribution is -2.27. The molecular weight excluding hydrogens is 432 g/mol. The maximum absolute atomic E-state index is 13.2. The molecule has 3 heterocycles. The van der Waals surface area contributed by atoms with E-state index in [4.69, 9.17) is 17.0 Å². The zero-order valence-electron chi connectivity index (χ0n) is 16.8. The van der Waals surface area contributed by atoms with Crippen molar-refractivity contribution in [2.75, 3.05) is 25.6 Å². The predicted octanol–water partition coefficient (Wildman–Crippen LogP) is 3.15. The first-order valence-electron chi connectivity index (χ1n) is 9.62. The van der Waals surface area contributed by atoms with Crippen LogP contribution in [0.25, 0.3) is 11.7 Å². The Balaban J connectivity index is 1.71. The smallest absolute Gasteiger partial charge is 0.267 e. The number of nitrogens with one attached hydrogen (secondary N) is 1. The third kappa shape index (κ3) is 4.53. The molecule has 31 heavy (non-hydrogen) atoms. The zero-order chi connectivity index (χ0) is 21.8. The van der Waals surface area contributed by atoms with Gasteiger partial charge in [-0.2, -0.15) is 0 Å². The van der Waals surface area contributed by atoms with Crippen LogP contribution in [0.4, 0.5) is 5.82 Å². The Labute approximate surface area is 188 Å². The number of rotatable bonds is 7. The minimum atomic E-state index is -0.265. The molecule has 1 amide bonds. The first-order valence-corrected chi connectivity index (χ1v) is 10.8. The highest BCUT2D eigenvalue weighted by molar-refractivity contribution is 8.26. The highest BCUT2D eigenvalue weighted by Crippen LogP contribution is 2.34. The molecule has 0 saturated carbocycles. The second kappa shape index (κ2) is 9.42. The molecule has 1 N–H and O–H groups in total. The molecule has 0 bridgehead atoms. The molecule has 1 saturated heterocycles. The number of carbonyl (C=O) groups excluding carboxylic acids is 1. The first-order chi connectivity index (χ1) is 15.1. The number of hydrogen-bond donors (Lipinski definition) is 1. The van der Waals surface area contributed by atoms with Crippen LogP contribution in [-0.4, -0.2) is 44.8 Å². The summed E-state index contributed by atoms with van der Waals surface area (Å²) in [5.74, 6) is 0.181. The fourth-order valence-electron chi connectivity index (χ4n) is 3.17. The van der Waals surface area contributed by atoms with E-state index in [1.54, 1.807) is 36.4 Å². The fourth-order valence-corrected chi connectivity index (χ4v) is 4.41. The summed E-state index contributed by atoms with van der Waals surface area (Å²) in [7, 11) is 1.60. The van der Waals surface area contributed by atoms with Crippen molar-refractivity contribution in [3.05, 3.63) is 81.1 Å². The monoisotopic (exact) mass is 452 g/mol. The highest BCUT2D eigenvalue weighted by Gasteiger charge is 2.32. The average Bonchev–Trinajstić information content (AvgIpc) is 3.04. The number of fused-ring (bicyclic) bond motifs is 1. The minimum absolute atomic E-state index is 0.223. The number of aromatic nitrogens is 2. The molecule has 1 aliphatic rings. The molecular formula is C22H20N4O3S2. The Morgan fingerprint density at radius 1 is 1.16 bits per heavy atom. The van der Waals surface area contributed by atoms with E-state index in [-0.39, 0.29) is 11.5 Å². The molecule has 0 unspecified atom stereocenters. The van der Waals surface area contributed by atoms with Crippen molar-refractivity contribution in [1.82, 2.24) is 14.3 Å². The second-order valence-corrected chi connectivity index (χ2v) is 8.46. The summed E-state index contributed by atoms with van der Waals surface area (Å²) in [6, 6.07) is 15.0. The minimum Gasteiger partial charge on any atom is -0.383 e. The van der Waals surface area contributed by atoms with Crippen LogP contribution < -0.4 is 10.9 Å². The number of hydrogen-bond acceptors (Lipinski definition) is 7. The van der Waals surface area contributed by atoms with Crippen LogP contribution in [0, 0.1) is 0 Å². The van der Waals surface area contributed by atoms with Crippen molar-refractivity contribution in [3.8, 4) is 0 Å². The van der Waals surface area contributed by atoms with E-state index >= 15 is 0 Å². The van der Waals surface area contributed by atoms with Gasteiger partial charge in [0.15, 0.2) is 0 Å². The molecule has 0 spiro atoms. The number of amides is 1. The molecule has 0 atom stereocenters. The number of carbonyl (C=O) groups is 1. The Kier molecular flexibility index (Phi) is 6.45. The van der Waals surface area contributed by atoms with Gasteiger partial charge in [0.05, 0.1) is 23.6 Å². The van der Waals surface area contributed by atoms with Crippen molar-refractivity contribution in [2.45, 2.75) is 6.54 Å². The van der Waals surface area contributed by atoms with Gasteiger partial charge in [0, 0.05) is 19.9 Å². The van der Waals surface area contributed by atoms with Gasteiger partial charge in [-0.1, -0.05) is 60.4 Å². The molecule has 0 aliphatic carbocycles. The summed E-state index contributed by atoms with van der Waals surface area (Å²) >= 11 is 6.62. The third-order valence-electron chi connectivity index (χ3n) is 4.70. The molecule has 2 aromatic heterocycles. The second-order valence-electron chi connectivity index (χ2n) is 6.78. The number of benzene rings is 1. The Hall–Kier alpha value is -3.01. The largest absolute Gasteiger partial charge is 0.383 e. The number of anilines is 1. The molecule has 4 rings (SSSR count). The van der Waals surface area contributed by atoms with Crippen LogP contribution in [0.15, 0.2) is 64.4 Å². The quantitative estimate of drug-likeness (QED) is 0.335. The standard InChI is InChI=1S/C22H20N4O3S2/c1-29-12-10-23-19-16(20(27)25-11-6-5-9-18(25)24-19)13-17-21(28)26(22(30)31-17)14-15-7-3-2-4-8-15/h2-9,11,13,23H,10,12,14H2,1H3. The van der Waals surface area contributed by atoms with E-state index in [2.05, 4.69) is 10.3 Å². The molecule has 0 radical (unpaired) electrons. The molecule has 1 aromatic carbocycles. The normalized spacial score (nSPS) is 15.3. The van der Waals surface area contributed by atoms with Crippen molar-refractivity contribution < 1.29 is 9.53 Å². The van der Waals surface area contributed by atoms with Gasteiger partial charge in [-0.3, -0.25) is 18.9 Å². The van der Waals surface area contributed by atoms with E-state index in [0.717, 1.165) is 5.56 Å².